The Kier molecular flexibility index (Phi) is 3.99. The topological polar surface area (TPSA) is 70.0 Å². The highest BCUT2D eigenvalue weighted by Crippen LogP contribution is 2.33. The highest BCUT2D eigenvalue weighted by Gasteiger charge is 2.55. The summed E-state index contributed by atoms with van der Waals surface area (Å²) in [5, 5.41) is 0. The van der Waals surface area contributed by atoms with Gasteiger partial charge in [0.25, 0.3) is 17.8 Å². The number of likely N-dealkylation sites (N-methyl/N-ethyl adjacent to an activating group) is 1. The number of carbonyl (C=O) groups excluding carboxylic acids is 2. The Morgan fingerprint density at radius 3 is 2.52 bits per heavy atom. The molecule has 0 aliphatic carbocycles. The molecule has 27 heavy (non-hydrogen) atoms. The summed E-state index contributed by atoms with van der Waals surface area (Å²) in [6.45, 7) is 6.30. The van der Waals surface area contributed by atoms with Crippen LogP contribution in [0, 0.1) is 0 Å². The molecule has 8 heteroatoms. The predicted molar refractivity (Wildman–Crippen MR) is 102 cm³/mol. The summed E-state index contributed by atoms with van der Waals surface area (Å²) < 4.78 is 8.50. The van der Waals surface area contributed by atoms with E-state index in [2.05, 4.69) is 20.9 Å². The second kappa shape index (κ2) is 6.02. The van der Waals surface area contributed by atoms with Crippen LogP contribution < -0.4 is 4.57 Å². The number of hydrogen-bond donors (Lipinski definition) is 0. The van der Waals surface area contributed by atoms with Crippen molar-refractivity contribution in [3.05, 3.63) is 46.3 Å². The maximum absolute atomic E-state index is 13.2. The van der Waals surface area contributed by atoms with E-state index in [4.69, 9.17) is 4.42 Å². The lowest BCUT2D eigenvalue weighted by Crippen LogP contribution is -2.62. The first kappa shape index (κ1) is 17.9. The number of aliphatic imine (C=N–C) groups is 1. The van der Waals surface area contributed by atoms with Crippen molar-refractivity contribution in [2.45, 2.75) is 38.8 Å². The normalized spacial score (nSPS) is 19.3. The average molecular weight is 432 g/mol. The van der Waals surface area contributed by atoms with E-state index < -0.39 is 6.04 Å². The van der Waals surface area contributed by atoms with Crippen LogP contribution in [0.25, 0.3) is 0 Å². The first-order valence-electron chi connectivity index (χ1n) is 8.64. The second-order valence-corrected chi connectivity index (χ2v) is 8.72. The number of amides is 3. The van der Waals surface area contributed by atoms with Gasteiger partial charge in [-0.15, -0.1) is 0 Å². The summed E-state index contributed by atoms with van der Waals surface area (Å²) in [5.74, 6) is 0.841. The second-order valence-electron chi connectivity index (χ2n) is 7.80. The molecule has 1 aromatic carbocycles. The number of benzene rings is 1. The van der Waals surface area contributed by atoms with E-state index >= 15 is 0 Å². The molecular formula is C19H20BrN4O3+. The molecule has 1 unspecified atom stereocenters. The van der Waals surface area contributed by atoms with E-state index in [0.29, 0.717) is 11.9 Å². The number of halogens is 1. The Morgan fingerprint density at radius 1 is 1.22 bits per heavy atom. The van der Waals surface area contributed by atoms with Gasteiger partial charge in [-0.3, -0.25) is 14.6 Å². The SMILES string of the molecule is CN1C(=O)N(Cc2ccc(Br)cc2)C(=O)C2C1=Nc1oc(C(C)(C)C)c[n+]12. The van der Waals surface area contributed by atoms with E-state index in [9.17, 15) is 9.59 Å². The molecule has 2 aliphatic heterocycles. The summed E-state index contributed by atoms with van der Waals surface area (Å²) in [6.07, 6.45) is 1.82. The summed E-state index contributed by atoms with van der Waals surface area (Å²) in [4.78, 5) is 33.0. The van der Waals surface area contributed by atoms with Gasteiger partial charge >= 0.3 is 12.0 Å². The number of urea groups is 1. The van der Waals surface area contributed by atoms with Gasteiger partial charge in [-0.05, 0) is 17.7 Å². The van der Waals surface area contributed by atoms with Crippen LogP contribution in [-0.2, 0) is 16.8 Å². The van der Waals surface area contributed by atoms with Crippen LogP contribution >= 0.6 is 15.9 Å². The zero-order valence-corrected chi connectivity index (χ0v) is 17.1. The van der Waals surface area contributed by atoms with Gasteiger partial charge in [-0.1, -0.05) is 48.8 Å². The molecular weight excluding hydrogens is 412 g/mol. The Bertz CT molecular complexity index is 972. The number of hydrogen-bond acceptors (Lipinski definition) is 4. The smallest absolute Gasteiger partial charge is 0.389 e. The average Bonchev–Trinajstić information content (AvgIpc) is 3.16. The molecule has 3 heterocycles. The third kappa shape index (κ3) is 2.88. The molecule has 2 aliphatic rings. The Labute approximate surface area is 165 Å². The lowest BCUT2D eigenvalue weighted by Gasteiger charge is -2.32. The highest BCUT2D eigenvalue weighted by atomic mass is 79.9. The van der Waals surface area contributed by atoms with Gasteiger partial charge in [0.05, 0.1) is 6.54 Å². The van der Waals surface area contributed by atoms with E-state index in [-0.39, 0.29) is 23.9 Å². The molecule has 0 bridgehead atoms. The third-order valence-corrected chi connectivity index (χ3v) is 5.29. The van der Waals surface area contributed by atoms with Crippen LogP contribution in [-0.4, -0.2) is 34.6 Å². The van der Waals surface area contributed by atoms with Crippen molar-refractivity contribution < 1.29 is 18.6 Å². The summed E-state index contributed by atoms with van der Waals surface area (Å²) in [6, 6.07) is 6.82. The Balaban J connectivity index is 1.70. The molecule has 3 amide bonds. The maximum atomic E-state index is 13.2. The minimum absolute atomic E-state index is 0.205. The number of amidine groups is 1. The molecule has 7 nitrogen and oxygen atoms in total. The number of nitrogens with zero attached hydrogens (tertiary/aromatic N) is 4. The number of fused-ring (bicyclic) bond motifs is 3. The molecule has 0 N–H and O–H groups in total. The van der Waals surface area contributed by atoms with Gasteiger partial charge in [-0.25, -0.2) is 4.79 Å². The number of aromatic nitrogens is 1. The predicted octanol–water partition coefficient (Wildman–Crippen LogP) is 3.31. The van der Waals surface area contributed by atoms with Crippen LogP contribution in [0.5, 0.6) is 0 Å². The third-order valence-electron chi connectivity index (χ3n) is 4.77. The van der Waals surface area contributed by atoms with Crippen molar-refractivity contribution in [1.82, 2.24) is 9.80 Å². The maximum Gasteiger partial charge on any atom is 0.506 e. The van der Waals surface area contributed by atoms with Crippen LogP contribution in [0.4, 0.5) is 10.8 Å². The van der Waals surface area contributed by atoms with Crippen molar-refractivity contribution in [1.29, 1.82) is 0 Å². The van der Waals surface area contributed by atoms with E-state index in [1.54, 1.807) is 11.6 Å². The molecule has 1 saturated heterocycles. The van der Waals surface area contributed by atoms with Crippen molar-refractivity contribution in [2.24, 2.45) is 4.99 Å². The van der Waals surface area contributed by atoms with Gasteiger partial charge in [0.2, 0.25) is 0 Å². The minimum Gasteiger partial charge on any atom is -0.389 e. The molecule has 1 atom stereocenters. The fourth-order valence-electron chi connectivity index (χ4n) is 3.18. The molecule has 140 valence electrons. The van der Waals surface area contributed by atoms with Gasteiger partial charge in [0, 0.05) is 21.9 Å². The fraction of sp³-hybridized carbons (Fsp3) is 0.368. The number of rotatable bonds is 2. The monoisotopic (exact) mass is 431 g/mol. The number of imide groups is 1. The molecule has 1 fully saturated rings. The number of carbonyl (C=O) groups is 2. The minimum atomic E-state index is -0.682. The number of oxazole rings is 1. The van der Waals surface area contributed by atoms with Crippen LogP contribution in [0.1, 0.15) is 38.1 Å². The molecule has 0 saturated carbocycles. The van der Waals surface area contributed by atoms with Crippen molar-refractivity contribution in [2.75, 3.05) is 7.05 Å². The fourth-order valence-corrected chi connectivity index (χ4v) is 3.45. The zero-order valence-electron chi connectivity index (χ0n) is 15.6. The van der Waals surface area contributed by atoms with Crippen molar-refractivity contribution in [3.63, 3.8) is 0 Å². The molecule has 0 spiro atoms. The lowest BCUT2D eigenvalue weighted by atomic mass is 9.94. The van der Waals surface area contributed by atoms with Crippen LogP contribution in [0.15, 0.2) is 44.3 Å². The van der Waals surface area contributed by atoms with Gasteiger partial charge in [-0.2, -0.15) is 4.57 Å². The largest absolute Gasteiger partial charge is 0.506 e. The Morgan fingerprint density at radius 2 is 1.89 bits per heavy atom. The van der Waals surface area contributed by atoms with E-state index in [1.807, 2.05) is 51.2 Å². The zero-order chi connectivity index (χ0) is 19.5. The molecule has 0 radical (unpaired) electrons. The van der Waals surface area contributed by atoms with Gasteiger partial charge < -0.3 is 4.42 Å². The summed E-state index contributed by atoms with van der Waals surface area (Å²) in [5.41, 5.74) is 0.670. The van der Waals surface area contributed by atoms with E-state index in [1.165, 1.54) is 9.80 Å². The molecule has 4 rings (SSSR count). The molecule has 1 aromatic heterocycles. The van der Waals surface area contributed by atoms with E-state index in [0.717, 1.165) is 15.8 Å². The standard InChI is InChI=1S/C19H20BrN4O3/c1-19(2,3)13-10-23-14-15(21-17(23)27-13)22(4)18(26)24(16(14)25)9-11-5-7-12(20)8-6-11/h5-8,10,14H,9H2,1-4H3/q+1. The van der Waals surface area contributed by atoms with Crippen molar-refractivity contribution >= 4 is 39.7 Å². The first-order valence-corrected chi connectivity index (χ1v) is 9.43. The summed E-state index contributed by atoms with van der Waals surface area (Å²) >= 11 is 3.39. The van der Waals surface area contributed by atoms with Crippen LogP contribution in [0.3, 0.4) is 0 Å². The first-order chi connectivity index (χ1) is 12.7. The molecule has 2 aromatic rings. The highest BCUT2D eigenvalue weighted by molar-refractivity contribution is 9.10. The Hall–Kier alpha value is -2.48. The van der Waals surface area contributed by atoms with Crippen LogP contribution in [0.2, 0.25) is 0 Å². The van der Waals surface area contributed by atoms with Gasteiger partial charge in [0.1, 0.15) is 6.20 Å². The lowest BCUT2D eigenvalue weighted by molar-refractivity contribution is -0.679. The quantitative estimate of drug-likeness (QED) is 0.684. The van der Waals surface area contributed by atoms with Gasteiger partial charge in [0.15, 0.2) is 5.76 Å². The van der Waals surface area contributed by atoms with Crippen molar-refractivity contribution in [3.8, 4) is 0 Å². The summed E-state index contributed by atoms with van der Waals surface area (Å²) in [7, 11) is 1.63.